The van der Waals surface area contributed by atoms with Crippen molar-refractivity contribution in [3.63, 3.8) is 0 Å². The van der Waals surface area contributed by atoms with Crippen LogP contribution in [-0.4, -0.2) is 5.97 Å². The van der Waals surface area contributed by atoms with Crippen LogP contribution in [0.3, 0.4) is 0 Å². The summed E-state index contributed by atoms with van der Waals surface area (Å²) in [7, 11) is 0. The van der Waals surface area contributed by atoms with Gasteiger partial charge in [-0.3, -0.25) is 0 Å². The maximum atomic E-state index is 10.1. The molecule has 93 valence electrons. The van der Waals surface area contributed by atoms with E-state index in [4.69, 9.17) is 0 Å². The third-order valence-electron chi connectivity index (χ3n) is 2.73. The molecule has 0 aliphatic rings. The molecule has 0 aromatic rings. The van der Waals surface area contributed by atoms with Crippen LogP contribution in [0.1, 0.15) is 71.1 Å². The van der Waals surface area contributed by atoms with Crippen LogP contribution in [0.2, 0.25) is 0 Å². The quantitative estimate of drug-likeness (QED) is 0.379. The second kappa shape index (κ2) is 12.3. The first-order valence-corrected chi connectivity index (χ1v) is 6.65. The molecular formula is C14H25O2. The number of hydrogen-bond acceptors (Lipinski definition) is 1. The van der Waals surface area contributed by atoms with Gasteiger partial charge in [0, 0.05) is 6.08 Å². The standard InChI is InChI=1S/C14H25O2/c1-2-3-4-5-6-7-8-9-10-11-12-13-14(15)16/h12-13H,2-11H2,1H3/b13-12+. The van der Waals surface area contributed by atoms with Gasteiger partial charge in [-0.15, -0.1) is 0 Å². The van der Waals surface area contributed by atoms with Crippen molar-refractivity contribution in [2.24, 2.45) is 0 Å². The summed E-state index contributed by atoms with van der Waals surface area (Å²) in [6.45, 7) is 2.24. The summed E-state index contributed by atoms with van der Waals surface area (Å²) >= 11 is 0. The van der Waals surface area contributed by atoms with Crippen molar-refractivity contribution < 1.29 is 9.90 Å². The Kier molecular flexibility index (Phi) is 11.7. The molecule has 0 aromatic carbocycles. The lowest BCUT2D eigenvalue weighted by molar-refractivity contribution is -0.137. The number of carbonyl (C=O) groups excluding carboxylic acids is 1. The summed E-state index contributed by atoms with van der Waals surface area (Å²) in [6, 6.07) is 0. The van der Waals surface area contributed by atoms with E-state index >= 15 is 0 Å². The normalized spacial score (nSPS) is 11.1. The lowest BCUT2D eigenvalue weighted by atomic mass is 10.1. The number of allylic oxidation sites excluding steroid dienone is 1. The summed E-state index contributed by atoms with van der Waals surface area (Å²) in [5.41, 5.74) is 0. The first-order chi connectivity index (χ1) is 7.77. The van der Waals surface area contributed by atoms with Crippen molar-refractivity contribution in [3.05, 3.63) is 12.2 Å². The molecule has 0 aromatic heterocycles. The van der Waals surface area contributed by atoms with Crippen molar-refractivity contribution in [2.45, 2.75) is 71.1 Å². The van der Waals surface area contributed by atoms with Gasteiger partial charge in [-0.05, 0) is 12.8 Å². The minimum atomic E-state index is -1.09. The molecule has 0 saturated carbocycles. The van der Waals surface area contributed by atoms with E-state index in [9.17, 15) is 9.90 Å². The smallest absolute Gasteiger partial charge is 0.242 e. The van der Waals surface area contributed by atoms with Gasteiger partial charge in [-0.2, -0.15) is 0 Å². The maximum absolute atomic E-state index is 10.1. The molecule has 0 aliphatic heterocycles. The summed E-state index contributed by atoms with van der Waals surface area (Å²) in [6.07, 6.45) is 15.4. The molecule has 0 aliphatic carbocycles. The number of rotatable bonds is 11. The average Bonchev–Trinajstić information content (AvgIpc) is 2.25. The van der Waals surface area contributed by atoms with Crippen LogP contribution in [0.5, 0.6) is 0 Å². The van der Waals surface area contributed by atoms with E-state index in [0.29, 0.717) is 0 Å². The van der Waals surface area contributed by atoms with Gasteiger partial charge in [0.2, 0.25) is 0 Å². The molecule has 0 N–H and O–H groups in total. The first kappa shape index (κ1) is 15.2. The van der Waals surface area contributed by atoms with Crippen LogP contribution in [0.15, 0.2) is 12.2 Å². The summed E-state index contributed by atoms with van der Waals surface area (Å²) in [5.74, 6) is -1.09. The Morgan fingerprint density at radius 3 is 1.88 bits per heavy atom. The van der Waals surface area contributed by atoms with Crippen molar-refractivity contribution in [1.29, 1.82) is 0 Å². The molecule has 0 saturated heterocycles. The van der Waals surface area contributed by atoms with E-state index < -0.39 is 5.97 Å². The van der Waals surface area contributed by atoms with Gasteiger partial charge in [0.25, 0.3) is 0 Å². The SMILES string of the molecule is CCCCCCCCCCC/C=C/C([O])=O. The minimum Gasteiger partial charge on any atom is -0.242 e. The molecule has 0 unspecified atom stereocenters. The highest BCUT2D eigenvalue weighted by Crippen LogP contribution is 2.10. The van der Waals surface area contributed by atoms with Gasteiger partial charge in [0.05, 0.1) is 0 Å². The Labute approximate surface area is 99.7 Å². The molecule has 0 spiro atoms. The first-order valence-electron chi connectivity index (χ1n) is 6.65. The summed E-state index contributed by atoms with van der Waals surface area (Å²) in [5, 5.41) is 10.1. The average molecular weight is 225 g/mol. The molecule has 0 rings (SSSR count). The molecule has 2 heteroatoms. The largest absolute Gasteiger partial charge is 0.378 e. The predicted octanol–water partition coefficient (Wildman–Crippen LogP) is 4.42. The van der Waals surface area contributed by atoms with Crippen LogP contribution < -0.4 is 0 Å². The molecule has 2 nitrogen and oxygen atoms in total. The highest BCUT2D eigenvalue weighted by molar-refractivity contribution is 5.79. The van der Waals surface area contributed by atoms with Gasteiger partial charge in [-0.1, -0.05) is 64.4 Å². The van der Waals surface area contributed by atoms with Gasteiger partial charge in [0.1, 0.15) is 0 Å². The molecule has 16 heavy (non-hydrogen) atoms. The monoisotopic (exact) mass is 225 g/mol. The van der Waals surface area contributed by atoms with E-state index in [1.54, 1.807) is 6.08 Å². The highest BCUT2D eigenvalue weighted by Gasteiger charge is 1.92. The zero-order chi connectivity index (χ0) is 12.1. The fraction of sp³-hybridized carbons (Fsp3) is 0.786. The zero-order valence-electron chi connectivity index (χ0n) is 10.5. The van der Waals surface area contributed by atoms with Gasteiger partial charge in [-0.25, -0.2) is 9.90 Å². The number of carbonyl (C=O) groups is 1. The molecule has 1 radical (unpaired) electrons. The van der Waals surface area contributed by atoms with E-state index in [1.807, 2.05) is 0 Å². The second-order valence-corrected chi connectivity index (χ2v) is 4.34. The Morgan fingerprint density at radius 1 is 0.875 bits per heavy atom. The van der Waals surface area contributed by atoms with E-state index in [2.05, 4.69) is 6.92 Å². The van der Waals surface area contributed by atoms with Gasteiger partial charge in [0.15, 0.2) is 0 Å². The van der Waals surface area contributed by atoms with E-state index in [-0.39, 0.29) is 0 Å². The minimum absolute atomic E-state index is 0.865. The van der Waals surface area contributed by atoms with Crippen LogP contribution in [0.4, 0.5) is 0 Å². The van der Waals surface area contributed by atoms with Crippen LogP contribution in [0, 0.1) is 0 Å². The Morgan fingerprint density at radius 2 is 1.38 bits per heavy atom. The topological polar surface area (TPSA) is 37.0 Å². The molecule has 0 bridgehead atoms. The molecular weight excluding hydrogens is 200 g/mol. The van der Waals surface area contributed by atoms with E-state index in [1.165, 1.54) is 51.4 Å². The van der Waals surface area contributed by atoms with Crippen molar-refractivity contribution in [2.75, 3.05) is 0 Å². The second-order valence-electron chi connectivity index (χ2n) is 4.34. The Hall–Kier alpha value is -0.790. The molecule has 0 amide bonds. The fourth-order valence-electron chi connectivity index (χ4n) is 1.75. The van der Waals surface area contributed by atoms with Crippen molar-refractivity contribution in [3.8, 4) is 0 Å². The van der Waals surface area contributed by atoms with Gasteiger partial charge < -0.3 is 0 Å². The maximum Gasteiger partial charge on any atom is 0.378 e. The van der Waals surface area contributed by atoms with Crippen LogP contribution in [0.25, 0.3) is 0 Å². The predicted molar refractivity (Wildman–Crippen MR) is 66.7 cm³/mol. The summed E-state index contributed by atoms with van der Waals surface area (Å²) in [4.78, 5) is 10.1. The zero-order valence-corrected chi connectivity index (χ0v) is 10.5. The lowest BCUT2D eigenvalue weighted by Gasteiger charge is -2.00. The molecule has 0 fully saturated rings. The van der Waals surface area contributed by atoms with Gasteiger partial charge >= 0.3 is 5.97 Å². The molecule has 0 atom stereocenters. The van der Waals surface area contributed by atoms with Crippen LogP contribution in [-0.2, 0) is 9.90 Å². The summed E-state index contributed by atoms with van der Waals surface area (Å²) < 4.78 is 0. The number of hydrogen-bond donors (Lipinski definition) is 0. The Bertz CT molecular complexity index is 185. The van der Waals surface area contributed by atoms with Crippen LogP contribution >= 0.6 is 0 Å². The lowest BCUT2D eigenvalue weighted by Crippen LogP contribution is -1.83. The Balaban J connectivity index is 3.01. The highest BCUT2D eigenvalue weighted by atomic mass is 16.4. The third kappa shape index (κ3) is 13.2. The fourth-order valence-corrected chi connectivity index (χ4v) is 1.75. The number of unbranched alkanes of at least 4 members (excludes halogenated alkanes) is 9. The third-order valence-corrected chi connectivity index (χ3v) is 2.73. The molecule has 0 heterocycles. The van der Waals surface area contributed by atoms with E-state index in [0.717, 1.165) is 18.9 Å². The van der Waals surface area contributed by atoms with Crippen molar-refractivity contribution >= 4 is 5.97 Å². The van der Waals surface area contributed by atoms with Crippen molar-refractivity contribution in [1.82, 2.24) is 0 Å².